The van der Waals surface area contributed by atoms with E-state index in [9.17, 15) is 0 Å². The standard InChI is InChI=1S/C15H19N3S/c1-10-15(19-18-17-10)14(16-2)13-8-6-12(7-9-13)11-4-3-5-11/h6-9,11,14,16H,3-5H2,1-2H3. The molecule has 100 valence electrons. The molecule has 0 bridgehead atoms. The molecule has 0 aliphatic heterocycles. The Hall–Kier alpha value is -1.26. The maximum atomic E-state index is 4.11. The second-order valence-corrected chi connectivity index (χ2v) is 6.02. The molecular formula is C15H19N3S. The van der Waals surface area contributed by atoms with Gasteiger partial charge in [0.15, 0.2) is 0 Å². The maximum absolute atomic E-state index is 4.11. The highest BCUT2D eigenvalue weighted by molar-refractivity contribution is 7.05. The van der Waals surface area contributed by atoms with Crippen molar-refractivity contribution < 1.29 is 0 Å². The van der Waals surface area contributed by atoms with Gasteiger partial charge in [-0.1, -0.05) is 35.2 Å². The summed E-state index contributed by atoms with van der Waals surface area (Å²) in [5, 5.41) is 7.48. The zero-order valence-electron chi connectivity index (χ0n) is 11.4. The number of hydrogen-bond donors (Lipinski definition) is 1. The Bertz CT molecular complexity index is 543. The molecule has 4 heteroatoms. The fraction of sp³-hybridized carbons (Fsp3) is 0.467. The van der Waals surface area contributed by atoms with Gasteiger partial charge in [-0.05, 0) is 55.4 Å². The molecule has 0 amide bonds. The first kappa shape index (κ1) is 12.8. The molecule has 1 saturated carbocycles. The van der Waals surface area contributed by atoms with Gasteiger partial charge in [0.1, 0.15) is 0 Å². The first-order chi connectivity index (χ1) is 9.29. The van der Waals surface area contributed by atoms with Crippen LogP contribution in [-0.4, -0.2) is 16.6 Å². The third-order valence-electron chi connectivity index (χ3n) is 4.08. The van der Waals surface area contributed by atoms with Crippen molar-refractivity contribution in [1.82, 2.24) is 14.9 Å². The number of hydrogen-bond acceptors (Lipinski definition) is 4. The monoisotopic (exact) mass is 273 g/mol. The summed E-state index contributed by atoms with van der Waals surface area (Å²) in [7, 11) is 1.99. The van der Waals surface area contributed by atoms with Crippen molar-refractivity contribution in [3.8, 4) is 0 Å². The summed E-state index contributed by atoms with van der Waals surface area (Å²) in [6, 6.07) is 9.26. The van der Waals surface area contributed by atoms with Crippen LogP contribution in [0, 0.1) is 6.92 Å². The van der Waals surface area contributed by atoms with E-state index >= 15 is 0 Å². The van der Waals surface area contributed by atoms with Crippen LogP contribution in [0.5, 0.6) is 0 Å². The molecule has 1 aromatic carbocycles. The Kier molecular flexibility index (Phi) is 3.62. The van der Waals surface area contributed by atoms with Crippen LogP contribution >= 0.6 is 11.5 Å². The number of aromatic nitrogens is 2. The number of aryl methyl sites for hydroxylation is 1. The topological polar surface area (TPSA) is 37.8 Å². The van der Waals surface area contributed by atoms with E-state index < -0.39 is 0 Å². The van der Waals surface area contributed by atoms with E-state index in [2.05, 4.69) is 39.2 Å². The van der Waals surface area contributed by atoms with Gasteiger partial charge in [-0.25, -0.2) is 0 Å². The molecule has 3 nitrogen and oxygen atoms in total. The third kappa shape index (κ3) is 2.42. The van der Waals surface area contributed by atoms with Crippen LogP contribution in [0.25, 0.3) is 0 Å². The predicted octanol–water partition coefficient (Wildman–Crippen LogP) is 3.42. The van der Waals surface area contributed by atoms with Crippen LogP contribution in [0.4, 0.5) is 0 Å². The Morgan fingerprint density at radius 3 is 2.47 bits per heavy atom. The second kappa shape index (κ2) is 5.39. The summed E-state index contributed by atoms with van der Waals surface area (Å²) >= 11 is 1.48. The molecular weight excluding hydrogens is 254 g/mol. The molecule has 1 aliphatic carbocycles. The Labute approximate surface area is 118 Å². The summed E-state index contributed by atoms with van der Waals surface area (Å²) in [5.74, 6) is 0.800. The lowest BCUT2D eigenvalue weighted by atomic mass is 9.80. The van der Waals surface area contributed by atoms with Gasteiger partial charge < -0.3 is 5.32 Å². The molecule has 1 heterocycles. The van der Waals surface area contributed by atoms with Crippen LogP contribution in [0.15, 0.2) is 24.3 Å². The van der Waals surface area contributed by atoms with Gasteiger partial charge in [0.05, 0.1) is 16.6 Å². The number of rotatable bonds is 4. The molecule has 1 N–H and O–H groups in total. The normalized spacial score (nSPS) is 17.2. The Morgan fingerprint density at radius 1 is 1.26 bits per heavy atom. The molecule has 19 heavy (non-hydrogen) atoms. The second-order valence-electron chi connectivity index (χ2n) is 5.24. The molecule has 1 fully saturated rings. The minimum atomic E-state index is 0.204. The average Bonchev–Trinajstić information content (AvgIpc) is 2.77. The van der Waals surface area contributed by atoms with Crippen molar-refractivity contribution in [2.45, 2.75) is 38.1 Å². The molecule has 1 unspecified atom stereocenters. The minimum Gasteiger partial charge on any atom is -0.309 e. The van der Waals surface area contributed by atoms with Gasteiger partial charge in [0.25, 0.3) is 0 Å². The molecule has 1 aromatic heterocycles. The summed E-state index contributed by atoms with van der Waals surface area (Å²) in [6.45, 7) is 2.02. The summed E-state index contributed by atoms with van der Waals surface area (Å²) in [6.07, 6.45) is 4.09. The molecule has 1 atom stereocenters. The first-order valence-electron chi connectivity index (χ1n) is 6.85. The number of nitrogens with zero attached hydrogens (tertiary/aromatic N) is 2. The molecule has 0 radical (unpaired) electrons. The van der Waals surface area contributed by atoms with Crippen molar-refractivity contribution in [3.05, 3.63) is 46.0 Å². The molecule has 1 aliphatic rings. The molecule has 3 rings (SSSR count). The molecule has 2 aromatic rings. The van der Waals surface area contributed by atoms with Crippen LogP contribution in [0.2, 0.25) is 0 Å². The number of benzene rings is 1. The quantitative estimate of drug-likeness (QED) is 0.927. The summed E-state index contributed by atoms with van der Waals surface area (Å²) in [5.41, 5.74) is 3.80. The van der Waals surface area contributed by atoms with Crippen LogP contribution < -0.4 is 5.32 Å². The largest absolute Gasteiger partial charge is 0.309 e. The third-order valence-corrected chi connectivity index (χ3v) is 4.97. The van der Waals surface area contributed by atoms with Gasteiger partial charge in [-0.3, -0.25) is 0 Å². The van der Waals surface area contributed by atoms with Gasteiger partial charge in [0.2, 0.25) is 0 Å². The smallest absolute Gasteiger partial charge is 0.0776 e. The van der Waals surface area contributed by atoms with E-state index in [4.69, 9.17) is 0 Å². The van der Waals surface area contributed by atoms with Gasteiger partial charge >= 0.3 is 0 Å². The fourth-order valence-corrected chi connectivity index (χ4v) is 3.44. The maximum Gasteiger partial charge on any atom is 0.0776 e. The van der Waals surface area contributed by atoms with Crippen LogP contribution in [0.3, 0.4) is 0 Å². The zero-order chi connectivity index (χ0) is 13.2. The van der Waals surface area contributed by atoms with Gasteiger partial charge in [-0.15, -0.1) is 5.10 Å². The van der Waals surface area contributed by atoms with E-state index in [1.165, 1.54) is 46.8 Å². The van der Waals surface area contributed by atoms with E-state index in [1.54, 1.807) is 0 Å². The van der Waals surface area contributed by atoms with Crippen LogP contribution in [-0.2, 0) is 0 Å². The van der Waals surface area contributed by atoms with Gasteiger partial charge in [0, 0.05) is 0 Å². The Balaban J connectivity index is 1.85. The van der Waals surface area contributed by atoms with E-state index in [-0.39, 0.29) is 6.04 Å². The lowest BCUT2D eigenvalue weighted by molar-refractivity contribution is 0.419. The molecule has 0 saturated heterocycles. The van der Waals surface area contributed by atoms with Crippen molar-refractivity contribution in [3.63, 3.8) is 0 Å². The highest BCUT2D eigenvalue weighted by atomic mass is 32.1. The van der Waals surface area contributed by atoms with E-state index in [0.717, 1.165) is 11.6 Å². The lowest BCUT2D eigenvalue weighted by Gasteiger charge is -2.26. The van der Waals surface area contributed by atoms with Gasteiger partial charge in [-0.2, -0.15) is 0 Å². The summed E-state index contributed by atoms with van der Waals surface area (Å²) < 4.78 is 4.04. The highest BCUT2D eigenvalue weighted by Gasteiger charge is 2.21. The SMILES string of the molecule is CNC(c1ccc(C2CCC2)cc1)c1snnc1C. The van der Waals surface area contributed by atoms with Crippen molar-refractivity contribution in [2.24, 2.45) is 0 Å². The van der Waals surface area contributed by atoms with Crippen molar-refractivity contribution >= 4 is 11.5 Å². The average molecular weight is 273 g/mol. The first-order valence-corrected chi connectivity index (χ1v) is 7.63. The van der Waals surface area contributed by atoms with Crippen molar-refractivity contribution in [1.29, 1.82) is 0 Å². The van der Waals surface area contributed by atoms with E-state index in [1.807, 2.05) is 14.0 Å². The van der Waals surface area contributed by atoms with E-state index in [0.29, 0.717) is 0 Å². The summed E-state index contributed by atoms with van der Waals surface area (Å²) in [4.78, 5) is 1.21. The number of nitrogens with one attached hydrogen (secondary N) is 1. The lowest BCUT2D eigenvalue weighted by Crippen LogP contribution is -2.17. The Morgan fingerprint density at radius 2 is 2.00 bits per heavy atom. The molecule has 0 spiro atoms. The van der Waals surface area contributed by atoms with Crippen LogP contribution in [0.1, 0.15) is 52.9 Å². The van der Waals surface area contributed by atoms with Crippen molar-refractivity contribution in [2.75, 3.05) is 7.05 Å². The minimum absolute atomic E-state index is 0.204. The predicted molar refractivity (Wildman–Crippen MR) is 78.6 cm³/mol. The highest BCUT2D eigenvalue weighted by Crippen LogP contribution is 2.37. The fourth-order valence-electron chi connectivity index (χ4n) is 2.65. The zero-order valence-corrected chi connectivity index (χ0v) is 12.2.